The topological polar surface area (TPSA) is 72.2 Å². The molecule has 2 aromatic rings. The fourth-order valence-corrected chi connectivity index (χ4v) is 2.28. The van der Waals surface area contributed by atoms with Gasteiger partial charge in [-0.05, 0) is 56.1 Å². The van der Waals surface area contributed by atoms with Gasteiger partial charge in [0.15, 0.2) is 0 Å². The van der Waals surface area contributed by atoms with Crippen molar-refractivity contribution >= 4 is 49.1 Å². The van der Waals surface area contributed by atoms with Crippen molar-refractivity contribution in [1.29, 1.82) is 0 Å². The van der Waals surface area contributed by atoms with Gasteiger partial charge in [-0.1, -0.05) is 0 Å². The standard InChI is InChI=1S/C13H7Br2FN2O3/c14-9-3-2-8(18(20)21)6-12(9)17-13(19)7-1-4-11(16)10(15)5-7/h1-6H,(H,17,19). The highest BCUT2D eigenvalue weighted by Crippen LogP contribution is 2.28. The maximum atomic E-state index is 13.1. The summed E-state index contributed by atoms with van der Waals surface area (Å²) in [6.45, 7) is 0. The molecule has 0 fully saturated rings. The van der Waals surface area contributed by atoms with E-state index < -0.39 is 16.6 Å². The molecule has 2 rings (SSSR count). The summed E-state index contributed by atoms with van der Waals surface area (Å²) in [6, 6.07) is 7.82. The summed E-state index contributed by atoms with van der Waals surface area (Å²) in [5.41, 5.74) is 0.338. The van der Waals surface area contributed by atoms with Crippen LogP contribution in [0.4, 0.5) is 15.8 Å². The first-order valence-corrected chi connectivity index (χ1v) is 7.17. The maximum absolute atomic E-state index is 13.1. The number of amides is 1. The molecule has 0 aliphatic carbocycles. The maximum Gasteiger partial charge on any atom is 0.271 e. The van der Waals surface area contributed by atoms with Crippen molar-refractivity contribution in [3.63, 3.8) is 0 Å². The first-order chi connectivity index (χ1) is 9.88. The van der Waals surface area contributed by atoms with E-state index >= 15 is 0 Å². The molecule has 0 aliphatic rings. The SMILES string of the molecule is O=C(Nc1cc([N+](=O)[O-])ccc1Br)c1ccc(F)c(Br)c1. The van der Waals surface area contributed by atoms with Crippen LogP contribution in [0.5, 0.6) is 0 Å². The fraction of sp³-hybridized carbons (Fsp3) is 0. The molecule has 5 nitrogen and oxygen atoms in total. The number of benzene rings is 2. The summed E-state index contributed by atoms with van der Waals surface area (Å²) < 4.78 is 13.8. The number of rotatable bonds is 3. The molecule has 1 amide bonds. The summed E-state index contributed by atoms with van der Waals surface area (Å²) in [7, 11) is 0. The van der Waals surface area contributed by atoms with E-state index in [-0.39, 0.29) is 21.4 Å². The first-order valence-electron chi connectivity index (χ1n) is 5.59. The molecule has 0 aromatic heterocycles. The molecule has 0 aliphatic heterocycles. The number of nitro benzene ring substituents is 1. The van der Waals surface area contributed by atoms with Gasteiger partial charge in [0.25, 0.3) is 11.6 Å². The predicted molar refractivity (Wildman–Crippen MR) is 82.8 cm³/mol. The molecular formula is C13H7Br2FN2O3. The van der Waals surface area contributed by atoms with Crippen LogP contribution >= 0.6 is 31.9 Å². The Kier molecular flexibility index (Phi) is 4.69. The smallest absolute Gasteiger partial charge is 0.271 e. The Balaban J connectivity index is 2.28. The third kappa shape index (κ3) is 3.64. The van der Waals surface area contributed by atoms with Crippen LogP contribution in [-0.2, 0) is 0 Å². The molecule has 0 heterocycles. The lowest BCUT2D eigenvalue weighted by Gasteiger charge is -2.08. The lowest BCUT2D eigenvalue weighted by molar-refractivity contribution is -0.384. The van der Waals surface area contributed by atoms with E-state index in [1.165, 1.54) is 30.3 Å². The van der Waals surface area contributed by atoms with Gasteiger partial charge in [0.1, 0.15) is 5.82 Å². The van der Waals surface area contributed by atoms with Crippen LogP contribution < -0.4 is 5.32 Å². The Hall–Kier alpha value is -1.80. The first kappa shape index (κ1) is 15.6. The Morgan fingerprint density at radius 3 is 2.48 bits per heavy atom. The summed E-state index contributed by atoms with van der Waals surface area (Å²) in [5.74, 6) is -0.986. The van der Waals surface area contributed by atoms with Crippen LogP contribution in [0.15, 0.2) is 45.3 Å². The van der Waals surface area contributed by atoms with Gasteiger partial charge >= 0.3 is 0 Å². The van der Waals surface area contributed by atoms with Crippen molar-refractivity contribution in [2.24, 2.45) is 0 Å². The highest BCUT2D eigenvalue weighted by Gasteiger charge is 2.14. The van der Waals surface area contributed by atoms with Crippen molar-refractivity contribution in [1.82, 2.24) is 0 Å². The average Bonchev–Trinajstić information content (AvgIpc) is 2.43. The fourth-order valence-electron chi connectivity index (χ4n) is 1.55. The summed E-state index contributed by atoms with van der Waals surface area (Å²) in [4.78, 5) is 22.2. The van der Waals surface area contributed by atoms with Crippen LogP contribution in [0.3, 0.4) is 0 Å². The van der Waals surface area contributed by atoms with E-state index in [2.05, 4.69) is 37.2 Å². The van der Waals surface area contributed by atoms with Crippen LogP contribution in [0.1, 0.15) is 10.4 Å². The number of carbonyl (C=O) groups excluding carboxylic acids is 1. The molecule has 108 valence electrons. The second-order valence-electron chi connectivity index (χ2n) is 4.00. The van der Waals surface area contributed by atoms with Crippen molar-refractivity contribution in [3.8, 4) is 0 Å². The minimum Gasteiger partial charge on any atom is -0.321 e. The van der Waals surface area contributed by atoms with E-state index in [1.807, 2.05) is 0 Å². The van der Waals surface area contributed by atoms with Crippen LogP contribution in [0, 0.1) is 15.9 Å². The number of hydrogen-bond acceptors (Lipinski definition) is 3. The summed E-state index contributed by atoms with van der Waals surface area (Å²) in [6.07, 6.45) is 0. The predicted octanol–water partition coefficient (Wildman–Crippen LogP) is 4.51. The van der Waals surface area contributed by atoms with E-state index in [9.17, 15) is 19.3 Å². The van der Waals surface area contributed by atoms with E-state index in [0.717, 1.165) is 6.07 Å². The molecule has 0 atom stereocenters. The van der Waals surface area contributed by atoms with E-state index in [1.54, 1.807) is 0 Å². The molecule has 0 radical (unpaired) electrons. The number of carbonyl (C=O) groups is 1. The van der Waals surface area contributed by atoms with Gasteiger partial charge in [-0.15, -0.1) is 0 Å². The average molecular weight is 418 g/mol. The number of nitrogens with zero attached hydrogens (tertiary/aromatic N) is 1. The van der Waals surface area contributed by atoms with Crippen LogP contribution in [-0.4, -0.2) is 10.8 Å². The zero-order chi connectivity index (χ0) is 15.6. The van der Waals surface area contributed by atoms with Gasteiger partial charge in [0.05, 0.1) is 15.1 Å². The zero-order valence-electron chi connectivity index (χ0n) is 10.3. The third-order valence-electron chi connectivity index (χ3n) is 2.59. The van der Waals surface area contributed by atoms with Crippen molar-refractivity contribution < 1.29 is 14.1 Å². The number of nitro groups is 1. The largest absolute Gasteiger partial charge is 0.321 e. The van der Waals surface area contributed by atoms with Gasteiger partial charge in [-0.25, -0.2) is 4.39 Å². The van der Waals surface area contributed by atoms with Crippen molar-refractivity contribution in [3.05, 3.63) is 66.8 Å². The second kappa shape index (κ2) is 6.31. The van der Waals surface area contributed by atoms with Crippen molar-refractivity contribution in [2.45, 2.75) is 0 Å². The summed E-state index contributed by atoms with van der Waals surface area (Å²) >= 11 is 6.19. The van der Waals surface area contributed by atoms with E-state index in [4.69, 9.17) is 0 Å². The van der Waals surface area contributed by atoms with Crippen LogP contribution in [0.2, 0.25) is 0 Å². The molecule has 21 heavy (non-hydrogen) atoms. The normalized spacial score (nSPS) is 10.2. The number of hydrogen-bond donors (Lipinski definition) is 1. The number of nitrogens with one attached hydrogen (secondary N) is 1. The minimum atomic E-state index is -0.559. The Bertz CT molecular complexity index is 737. The molecule has 0 unspecified atom stereocenters. The molecule has 0 saturated heterocycles. The zero-order valence-corrected chi connectivity index (χ0v) is 13.4. The molecular weight excluding hydrogens is 411 g/mol. The van der Waals surface area contributed by atoms with Gasteiger partial charge in [-0.3, -0.25) is 14.9 Å². The molecule has 1 N–H and O–H groups in total. The van der Waals surface area contributed by atoms with Gasteiger partial charge in [-0.2, -0.15) is 0 Å². The Morgan fingerprint density at radius 2 is 1.86 bits per heavy atom. The number of anilines is 1. The highest BCUT2D eigenvalue weighted by atomic mass is 79.9. The quantitative estimate of drug-likeness (QED) is 0.589. The second-order valence-corrected chi connectivity index (χ2v) is 5.71. The molecule has 2 aromatic carbocycles. The molecule has 0 bridgehead atoms. The minimum absolute atomic E-state index is 0.145. The number of halogens is 3. The Morgan fingerprint density at radius 1 is 1.14 bits per heavy atom. The number of non-ortho nitro benzene ring substituents is 1. The molecule has 0 spiro atoms. The molecule has 0 saturated carbocycles. The lowest BCUT2D eigenvalue weighted by atomic mass is 10.2. The van der Waals surface area contributed by atoms with Crippen LogP contribution in [0.25, 0.3) is 0 Å². The highest BCUT2D eigenvalue weighted by molar-refractivity contribution is 9.10. The monoisotopic (exact) mass is 416 g/mol. The van der Waals surface area contributed by atoms with Gasteiger partial charge < -0.3 is 5.32 Å². The van der Waals surface area contributed by atoms with Crippen molar-refractivity contribution in [2.75, 3.05) is 5.32 Å². The van der Waals surface area contributed by atoms with E-state index in [0.29, 0.717) is 4.47 Å². The van der Waals surface area contributed by atoms with Gasteiger partial charge in [0, 0.05) is 22.2 Å². The Labute approximate surface area is 135 Å². The summed E-state index contributed by atoms with van der Waals surface area (Å²) in [5, 5.41) is 13.3. The molecule has 8 heteroatoms. The lowest BCUT2D eigenvalue weighted by Crippen LogP contribution is -2.12. The van der Waals surface area contributed by atoms with Gasteiger partial charge in [0.2, 0.25) is 0 Å². The third-order valence-corrected chi connectivity index (χ3v) is 3.89.